The van der Waals surface area contributed by atoms with Crippen LogP contribution in [0.15, 0.2) is 6.08 Å². The molecule has 0 atom stereocenters. The molecule has 2 rings (SSSR count). The van der Waals surface area contributed by atoms with Gasteiger partial charge in [-0.2, -0.15) is 4.37 Å². The van der Waals surface area contributed by atoms with Crippen LogP contribution < -0.4 is 4.74 Å². The van der Waals surface area contributed by atoms with Gasteiger partial charge in [0.15, 0.2) is 0 Å². The van der Waals surface area contributed by atoms with E-state index in [1.54, 1.807) is 0 Å². The Morgan fingerprint density at radius 1 is 1.53 bits per heavy atom. The fourth-order valence-electron chi connectivity index (χ4n) is 1.74. The van der Waals surface area contributed by atoms with Crippen molar-refractivity contribution in [1.82, 2.24) is 13.6 Å². The molecule has 1 aromatic rings. The van der Waals surface area contributed by atoms with E-state index in [4.69, 9.17) is 17.1 Å². The molecule has 5 heteroatoms. The van der Waals surface area contributed by atoms with E-state index in [2.05, 4.69) is 8.75 Å². The summed E-state index contributed by atoms with van der Waals surface area (Å²) in [5.41, 5.74) is 1.06. The van der Waals surface area contributed by atoms with Crippen LogP contribution in [0, 0.1) is 0 Å². The van der Waals surface area contributed by atoms with Crippen molar-refractivity contribution in [3.63, 3.8) is 0 Å². The summed E-state index contributed by atoms with van der Waals surface area (Å²) in [5.74, 6) is 0.138. The largest absolute Gasteiger partial charge is 0.475 e. The Kier molecular flexibility index (Phi) is 2.67. The van der Waals surface area contributed by atoms with Crippen molar-refractivity contribution in [2.45, 2.75) is 38.9 Å². The molecule has 0 N–H and O–H groups in total. The molecule has 0 saturated carbocycles. The Bertz CT molecular complexity index is 712. The molecule has 0 unspecified atom stereocenters. The molecule has 4 nitrogen and oxygen atoms in total. The molecule has 0 aromatic carbocycles. The third-order valence-corrected chi connectivity index (χ3v) is 3.10. The first-order chi connectivity index (χ1) is 12.7. The van der Waals surface area contributed by atoms with Crippen molar-refractivity contribution < 1.29 is 17.1 Å². The molecule has 19 heavy (non-hydrogen) atoms. The van der Waals surface area contributed by atoms with Gasteiger partial charge in [-0.15, -0.1) is 4.37 Å². The highest BCUT2D eigenvalue weighted by Gasteiger charge is 2.18. The van der Waals surface area contributed by atoms with Gasteiger partial charge in [0.05, 0.1) is 18.3 Å². The Labute approximate surface area is 132 Å². The van der Waals surface area contributed by atoms with E-state index < -0.39 is 26.1 Å². The Balaban J connectivity index is 2.05. The van der Waals surface area contributed by atoms with Crippen LogP contribution in [0.1, 0.15) is 56.9 Å². The lowest BCUT2D eigenvalue weighted by Gasteiger charge is -2.22. The Morgan fingerprint density at radius 2 is 2.47 bits per heavy atom. The van der Waals surface area contributed by atoms with E-state index in [1.165, 1.54) is 4.90 Å². The van der Waals surface area contributed by atoms with Gasteiger partial charge in [-0.25, -0.2) is 0 Å². The van der Waals surface area contributed by atoms with Crippen LogP contribution in [-0.2, 0) is 0 Å². The fourth-order valence-corrected chi connectivity index (χ4v) is 2.27. The van der Waals surface area contributed by atoms with Crippen molar-refractivity contribution in [3.8, 4) is 5.88 Å². The molecule has 0 aliphatic carbocycles. The van der Waals surface area contributed by atoms with Gasteiger partial charge in [-0.05, 0) is 25.4 Å². The van der Waals surface area contributed by atoms with Crippen LogP contribution >= 0.6 is 11.7 Å². The van der Waals surface area contributed by atoms with Crippen LogP contribution in [0.5, 0.6) is 5.88 Å². The SMILES string of the molecule is [2H]C([2H])([2H])N1CCC=C(c2nsnc2OCCC([2H])([2H])C([2H])([2H])C([2H])([2H])C)C1. The molecular weight excluding hydrogens is 258 g/mol. The zero-order valence-corrected chi connectivity index (χ0v) is 11.6. The van der Waals surface area contributed by atoms with Crippen molar-refractivity contribution >= 4 is 17.3 Å². The van der Waals surface area contributed by atoms with Crippen molar-refractivity contribution in [3.05, 3.63) is 11.8 Å². The second-order valence-corrected chi connectivity index (χ2v) is 4.54. The molecule has 1 aliphatic heterocycles. The van der Waals surface area contributed by atoms with Gasteiger partial charge < -0.3 is 9.64 Å². The van der Waals surface area contributed by atoms with E-state index in [0.717, 1.165) is 18.7 Å². The Morgan fingerprint density at radius 3 is 3.32 bits per heavy atom. The normalized spacial score (nSPS) is 26.4. The van der Waals surface area contributed by atoms with Crippen molar-refractivity contribution in [2.24, 2.45) is 0 Å². The van der Waals surface area contributed by atoms with Gasteiger partial charge in [-0.1, -0.05) is 32.1 Å². The fraction of sp³-hybridized carbons (Fsp3) is 0.714. The lowest BCUT2D eigenvalue weighted by molar-refractivity contribution is 0.294. The predicted octanol–water partition coefficient (Wildman–Crippen LogP) is 3.22. The quantitative estimate of drug-likeness (QED) is 0.773. The maximum Gasteiger partial charge on any atom is 0.253 e. The summed E-state index contributed by atoms with van der Waals surface area (Å²) in [6, 6.07) is 0. The van der Waals surface area contributed by atoms with Crippen molar-refractivity contribution in [1.29, 1.82) is 0 Å². The monoisotopic (exact) mass is 290 g/mol. The number of aromatic nitrogens is 2. The second kappa shape index (κ2) is 7.60. The lowest BCUT2D eigenvalue weighted by atomic mass is 10.1. The van der Waals surface area contributed by atoms with E-state index in [-0.39, 0.29) is 25.5 Å². The zero-order valence-electron chi connectivity index (χ0n) is 19.8. The summed E-state index contributed by atoms with van der Waals surface area (Å²) >= 11 is 0.884. The van der Waals surface area contributed by atoms with Crippen LogP contribution in [-0.4, -0.2) is 40.3 Å². The number of hydrogen-bond acceptors (Lipinski definition) is 5. The summed E-state index contributed by atoms with van der Waals surface area (Å²) in [7, 11) is 0. The minimum absolute atomic E-state index is 0.138. The van der Waals surface area contributed by atoms with E-state index in [1.807, 2.05) is 6.08 Å². The first-order valence-electron chi connectivity index (χ1n) is 10.6. The van der Waals surface area contributed by atoms with Gasteiger partial charge in [0.1, 0.15) is 5.69 Å². The van der Waals surface area contributed by atoms with E-state index in [9.17, 15) is 0 Å². The third kappa shape index (κ3) is 4.28. The smallest absolute Gasteiger partial charge is 0.253 e. The highest BCUT2D eigenvalue weighted by Crippen LogP contribution is 2.27. The molecule has 0 saturated heterocycles. The van der Waals surface area contributed by atoms with E-state index in [0.29, 0.717) is 24.2 Å². The summed E-state index contributed by atoms with van der Waals surface area (Å²) in [6.07, 6.45) is -5.51. The number of ether oxygens (including phenoxy) is 1. The summed E-state index contributed by atoms with van der Waals surface area (Å²) in [6.45, 7) is -0.873. The summed E-state index contributed by atoms with van der Waals surface area (Å²) in [4.78, 5) is 1.35. The number of nitrogens with zero attached hydrogens (tertiary/aromatic N) is 3. The van der Waals surface area contributed by atoms with E-state index >= 15 is 0 Å². The standard InChI is InChI=1S/C14H23N3OS/c1-3-4-5-6-10-18-14-13(15-19-16-14)12-8-7-9-17(2)11-12/h8H,3-7,9-11H2,1-2H3/i2D3,3D2,4D2,5D2. The predicted molar refractivity (Wildman–Crippen MR) is 79.6 cm³/mol. The molecule has 0 radical (unpaired) electrons. The van der Waals surface area contributed by atoms with Gasteiger partial charge in [0.25, 0.3) is 5.88 Å². The lowest BCUT2D eigenvalue weighted by Crippen LogP contribution is -2.25. The molecule has 0 fully saturated rings. The first-order valence-corrected chi connectivity index (χ1v) is 6.80. The molecule has 0 amide bonds. The maximum atomic E-state index is 7.92. The van der Waals surface area contributed by atoms with Gasteiger partial charge in [0, 0.05) is 25.4 Å². The molecule has 0 bridgehead atoms. The van der Waals surface area contributed by atoms with Crippen LogP contribution in [0.2, 0.25) is 0 Å². The van der Waals surface area contributed by atoms with Gasteiger partial charge >= 0.3 is 0 Å². The summed E-state index contributed by atoms with van der Waals surface area (Å²) < 4.78 is 82.8. The minimum Gasteiger partial charge on any atom is -0.475 e. The minimum atomic E-state index is -2.71. The average molecular weight is 290 g/mol. The second-order valence-electron chi connectivity index (χ2n) is 4.01. The van der Waals surface area contributed by atoms with Gasteiger partial charge in [0.2, 0.25) is 0 Å². The highest BCUT2D eigenvalue weighted by atomic mass is 32.1. The number of rotatable bonds is 7. The number of likely N-dealkylation sites (N-methyl/N-ethyl adjacent to an activating group) is 1. The van der Waals surface area contributed by atoms with Crippen LogP contribution in [0.4, 0.5) is 0 Å². The average Bonchev–Trinajstić information content (AvgIpc) is 3.01. The molecule has 2 heterocycles. The van der Waals surface area contributed by atoms with Gasteiger partial charge in [-0.3, -0.25) is 0 Å². The summed E-state index contributed by atoms with van der Waals surface area (Å²) in [5, 5.41) is 0. The maximum absolute atomic E-state index is 7.92. The third-order valence-electron chi connectivity index (χ3n) is 2.59. The number of hydrogen-bond donors (Lipinski definition) is 0. The Hall–Kier alpha value is -0.940. The highest BCUT2D eigenvalue weighted by molar-refractivity contribution is 6.99. The topological polar surface area (TPSA) is 38.2 Å². The van der Waals surface area contributed by atoms with Crippen LogP contribution in [0.3, 0.4) is 0 Å². The first kappa shape index (κ1) is 6.68. The molecule has 0 spiro atoms. The zero-order chi connectivity index (χ0) is 21.4. The molecular formula is C14H23N3OS. The molecule has 1 aromatic heterocycles. The molecule has 1 aliphatic rings. The van der Waals surface area contributed by atoms with Crippen molar-refractivity contribution in [2.75, 3.05) is 26.7 Å². The van der Waals surface area contributed by atoms with Crippen LogP contribution in [0.25, 0.3) is 5.57 Å². The molecule has 106 valence electrons.